The second kappa shape index (κ2) is 5.07. The first-order valence-electron chi connectivity index (χ1n) is 4.86. The van der Waals surface area contributed by atoms with Gasteiger partial charge in [0, 0.05) is 23.2 Å². The smallest absolute Gasteiger partial charge is 0.123 e. The summed E-state index contributed by atoms with van der Waals surface area (Å²) in [6.07, 6.45) is 1.83. The van der Waals surface area contributed by atoms with E-state index in [2.05, 4.69) is 10.4 Å². The Morgan fingerprint density at radius 1 is 1.50 bits per heavy atom. The molecule has 4 nitrogen and oxygen atoms in total. The number of nitrogens with one attached hydrogen (secondary N) is 1. The fourth-order valence-corrected chi connectivity index (χ4v) is 2.24. The third-order valence-electron chi connectivity index (χ3n) is 2.15. The van der Waals surface area contributed by atoms with Crippen LogP contribution in [0.1, 0.15) is 4.88 Å². The van der Waals surface area contributed by atoms with Gasteiger partial charge in [-0.05, 0) is 12.1 Å². The van der Waals surface area contributed by atoms with Crippen LogP contribution >= 0.6 is 11.3 Å². The lowest BCUT2D eigenvalue weighted by atomic mass is 10.2. The monoisotopic (exact) mass is 235 g/mol. The van der Waals surface area contributed by atoms with Crippen LogP contribution in [0.5, 0.6) is 5.75 Å². The minimum absolute atomic E-state index is 0.641. The van der Waals surface area contributed by atoms with E-state index in [-0.39, 0.29) is 0 Å². The minimum Gasteiger partial charge on any atom is -0.497 e. The molecule has 0 spiro atoms. The summed E-state index contributed by atoms with van der Waals surface area (Å²) >= 11 is 1.62. The van der Waals surface area contributed by atoms with Gasteiger partial charge in [0.05, 0.1) is 7.11 Å². The van der Waals surface area contributed by atoms with Gasteiger partial charge in [0.2, 0.25) is 0 Å². The molecule has 84 valence electrons. The number of ether oxygens (including phenoxy) is 1. The SMILES string of the molecule is COc1cccc(-c2ncc(CNN)s2)c1. The van der Waals surface area contributed by atoms with E-state index in [1.165, 1.54) is 0 Å². The van der Waals surface area contributed by atoms with Crippen LogP contribution in [0.25, 0.3) is 10.6 Å². The Morgan fingerprint density at radius 3 is 3.12 bits per heavy atom. The van der Waals surface area contributed by atoms with Gasteiger partial charge in [0.25, 0.3) is 0 Å². The number of rotatable bonds is 4. The zero-order chi connectivity index (χ0) is 11.4. The summed E-state index contributed by atoms with van der Waals surface area (Å²) in [5.41, 5.74) is 3.68. The van der Waals surface area contributed by atoms with E-state index in [0.717, 1.165) is 21.2 Å². The molecule has 0 amide bonds. The molecule has 2 aromatic rings. The highest BCUT2D eigenvalue weighted by Gasteiger charge is 2.05. The van der Waals surface area contributed by atoms with Crippen LogP contribution in [0.3, 0.4) is 0 Å². The average Bonchev–Trinajstić information content (AvgIpc) is 2.78. The van der Waals surface area contributed by atoms with Gasteiger partial charge in [0.1, 0.15) is 10.8 Å². The predicted octanol–water partition coefficient (Wildman–Crippen LogP) is 1.78. The number of nitrogens with zero attached hydrogens (tertiary/aromatic N) is 1. The van der Waals surface area contributed by atoms with Crippen LogP contribution in [0.2, 0.25) is 0 Å². The molecule has 3 N–H and O–H groups in total. The molecule has 0 radical (unpaired) electrons. The number of methoxy groups -OCH3 is 1. The average molecular weight is 235 g/mol. The first-order valence-corrected chi connectivity index (χ1v) is 5.67. The number of thiazole rings is 1. The van der Waals surface area contributed by atoms with Gasteiger partial charge >= 0.3 is 0 Å². The molecule has 0 saturated carbocycles. The van der Waals surface area contributed by atoms with Crippen molar-refractivity contribution >= 4 is 11.3 Å². The van der Waals surface area contributed by atoms with Crippen LogP contribution in [-0.4, -0.2) is 12.1 Å². The van der Waals surface area contributed by atoms with Gasteiger partial charge in [-0.25, -0.2) is 4.98 Å². The molecule has 0 aliphatic rings. The molecular weight excluding hydrogens is 222 g/mol. The normalized spacial score (nSPS) is 10.4. The van der Waals surface area contributed by atoms with Crippen molar-refractivity contribution in [2.24, 2.45) is 5.84 Å². The molecule has 1 aromatic carbocycles. The Hall–Kier alpha value is -1.43. The maximum Gasteiger partial charge on any atom is 0.123 e. The van der Waals surface area contributed by atoms with Gasteiger partial charge < -0.3 is 4.74 Å². The molecule has 0 bridgehead atoms. The number of hydrazine groups is 1. The molecule has 16 heavy (non-hydrogen) atoms. The summed E-state index contributed by atoms with van der Waals surface area (Å²) in [6, 6.07) is 7.86. The standard InChI is InChI=1S/C11H13N3OS/c1-15-9-4-2-3-8(5-9)11-13-6-10(16-11)7-14-12/h2-6,14H,7,12H2,1H3. The second-order valence-electron chi connectivity index (χ2n) is 3.24. The molecule has 1 heterocycles. The molecular formula is C11H13N3OS. The van der Waals surface area contributed by atoms with Crippen molar-refractivity contribution in [3.05, 3.63) is 35.3 Å². The summed E-state index contributed by atoms with van der Waals surface area (Å²) in [6.45, 7) is 0.641. The summed E-state index contributed by atoms with van der Waals surface area (Å²) < 4.78 is 5.18. The molecule has 0 fully saturated rings. The Labute approximate surface area is 98.1 Å². The lowest BCUT2D eigenvalue weighted by Crippen LogP contribution is -2.19. The van der Waals surface area contributed by atoms with Gasteiger partial charge in [-0.1, -0.05) is 12.1 Å². The fraction of sp³-hybridized carbons (Fsp3) is 0.182. The van der Waals surface area contributed by atoms with Crippen LogP contribution in [0, 0.1) is 0 Å². The largest absolute Gasteiger partial charge is 0.497 e. The first-order chi connectivity index (χ1) is 7.83. The Morgan fingerprint density at radius 2 is 2.38 bits per heavy atom. The van der Waals surface area contributed by atoms with E-state index in [9.17, 15) is 0 Å². The van der Waals surface area contributed by atoms with Crippen LogP contribution in [-0.2, 0) is 6.54 Å². The topological polar surface area (TPSA) is 60.2 Å². The molecule has 2 rings (SSSR count). The maximum atomic E-state index is 5.26. The zero-order valence-electron chi connectivity index (χ0n) is 8.93. The van der Waals surface area contributed by atoms with Gasteiger partial charge in [0.15, 0.2) is 0 Å². The van der Waals surface area contributed by atoms with Crippen molar-refractivity contribution in [1.82, 2.24) is 10.4 Å². The molecule has 0 unspecified atom stereocenters. The van der Waals surface area contributed by atoms with Crippen molar-refractivity contribution < 1.29 is 4.74 Å². The summed E-state index contributed by atoms with van der Waals surface area (Å²) in [4.78, 5) is 5.46. The fourth-order valence-electron chi connectivity index (χ4n) is 1.38. The molecule has 1 aromatic heterocycles. The summed E-state index contributed by atoms with van der Waals surface area (Å²) in [5.74, 6) is 6.10. The Kier molecular flexibility index (Phi) is 3.51. The highest BCUT2D eigenvalue weighted by Crippen LogP contribution is 2.27. The number of hydrogen-bond acceptors (Lipinski definition) is 5. The van der Waals surface area contributed by atoms with Gasteiger partial charge in [-0.3, -0.25) is 11.3 Å². The molecule has 0 atom stereocenters. The number of hydrogen-bond donors (Lipinski definition) is 2. The Balaban J connectivity index is 2.27. The second-order valence-corrected chi connectivity index (χ2v) is 4.36. The maximum absolute atomic E-state index is 5.26. The van der Waals surface area contributed by atoms with Gasteiger partial charge in [-0.15, -0.1) is 11.3 Å². The highest BCUT2D eigenvalue weighted by atomic mass is 32.1. The van der Waals surface area contributed by atoms with E-state index in [0.29, 0.717) is 6.54 Å². The molecule has 0 aliphatic heterocycles. The van der Waals surface area contributed by atoms with Crippen LogP contribution in [0.15, 0.2) is 30.5 Å². The molecule has 5 heteroatoms. The quantitative estimate of drug-likeness (QED) is 0.626. The number of benzene rings is 1. The Bertz CT molecular complexity index is 470. The lowest BCUT2D eigenvalue weighted by Gasteiger charge is -2.00. The van der Waals surface area contributed by atoms with Crippen molar-refractivity contribution in [3.63, 3.8) is 0 Å². The van der Waals surface area contributed by atoms with Crippen molar-refractivity contribution in [2.45, 2.75) is 6.54 Å². The number of nitrogens with two attached hydrogens (primary N) is 1. The number of aromatic nitrogens is 1. The lowest BCUT2D eigenvalue weighted by molar-refractivity contribution is 0.415. The van der Waals surface area contributed by atoms with E-state index in [4.69, 9.17) is 10.6 Å². The van der Waals surface area contributed by atoms with E-state index >= 15 is 0 Å². The van der Waals surface area contributed by atoms with Crippen LogP contribution in [0.4, 0.5) is 0 Å². The van der Waals surface area contributed by atoms with E-state index < -0.39 is 0 Å². The van der Waals surface area contributed by atoms with E-state index in [1.807, 2.05) is 30.5 Å². The highest BCUT2D eigenvalue weighted by molar-refractivity contribution is 7.15. The van der Waals surface area contributed by atoms with Crippen molar-refractivity contribution in [3.8, 4) is 16.3 Å². The third-order valence-corrected chi connectivity index (χ3v) is 3.19. The minimum atomic E-state index is 0.641. The predicted molar refractivity (Wildman–Crippen MR) is 65.1 cm³/mol. The molecule has 0 aliphatic carbocycles. The zero-order valence-corrected chi connectivity index (χ0v) is 9.75. The summed E-state index contributed by atoms with van der Waals surface area (Å²) in [5, 5.41) is 0.976. The van der Waals surface area contributed by atoms with Gasteiger partial charge in [-0.2, -0.15) is 0 Å². The molecule has 0 saturated heterocycles. The van der Waals surface area contributed by atoms with Crippen molar-refractivity contribution in [1.29, 1.82) is 0 Å². The van der Waals surface area contributed by atoms with Crippen molar-refractivity contribution in [2.75, 3.05) is 7.11 Å². The van der Waals surface area contributed by atoms with E-state index in [1.54, 1.807) is 18.4 Å². The first kappa shape index (κ1) is 11.1. The van der Waals surface area contributed by atoms with Crippen LogP contribution < -0.4 is 16.0 Å². The third kappa shape index (κ3) is 2.38. The summed E-state index contributed by atoms with van der Waals surface area (Å²) in [7, 11) is 1.66.